The molecule has 1 aliphatic rings. The minimum atomic E-state index is -1.14. The molecule has 0 radical (unpaired) electrons. The van der Waals surface area contributed by atoms with Gasteiger partial charge in [0.05, 0.1) is 6.61 Å². The van der Waals surface area contributed by atoms with Gasteiger partial charge in [0.25, 0.3) is 0 Å². The summed E-state index contributed by atoms with van der Waals surface area (Å²) < 4.78 is 10.9. The van der Waals surface area contributed by atoms with E-state index in [1.54, 1.807) is 7.11 Å². The normalized spacial score (nSPS) is 26.3. The lowest BCUT2D eigenvalue weighted by Gasteiger charge is -2.19. The highest BCUT2D eigenvalue weighted by Crippen LogP contribution is 2.31. The molecule has 3 N–H and O–H groups in total. The van der Waals surface area contributed by atoms with E-state index in [2.05, 4.69) is 0 Å². The van der Waals surface area contributed by atoms with Crippen molar-refractivity contribution in [1.29, 1.82) is 0 Å². The highest BCUT2D eigenvalue weighted by molar-refractivity contribution is 5.79. The number of carbonyl (C=O) groups is 1. The van der Waals surface area contributed by atoms with Crippen molar-refractivity contribution in [2.75, 3.05) is 7.11 Å². The molecule has 1 aromatic rings. The first-order valence-electron chi connectivity index (χ1n) is 6.30. The number of hydrogen-bond acceptors (Lipinski definition) is 4. The summed E-state index contributed by atoms with van der Waals surface area (Å²) in [4.78, 5) is 11.1. The third-order valence-corrected chi connectivity index (χ3v) is 3.44. The Bertz CT molecular complexity index is 463. The average Bonchev–Trinajstić information content (AvgIpc) is 2.73. The maximum atomic E-state index is 11.1. The molecule has 5 heteroatoms. The summed E-state index contributed by atoms with van der Waals surface area (Å²) in [5, 5.41) is 9.07. The second-order valence-electron chi connectivity index (χ2n) is 5.02. The smallest absolute Gasteiger partial charge is 0.323 e. The summed E-state index contributed by atoms with van der Waals surface area (Å²) >= 11 is 0. The zero-order valence-corrected chi connectivity index (χ0v) is 11.0. The van der Waals surface area contributed by atoms with Crippen molar-refractivity contribution in [3.8, 4) is 5.75 Å². The van der Waals surface area contributed by atoms with E-state index in [4.69, 9.17) is 20.3 Å². The van der Waals surface area contributed by atoms with E-state index in [0.29, 0.717) is 25.9 Å². The molecule has 5 nitrogen and oxygen atoms in total. The van der Waals surface area contributed by atoms with Crippen LogP contribution < -0.4 is 10.5 Å². The van der Waals surface area contributed by atoms with Gasteiger partial charge in [-0.05, 0) is 30.5 Å². The fraction of sp³-hybridized carbons (Fsp3) is 0.500. The Kier molecular flexibility index (Phi) is 4.07. The number of nitrogens with two attached hydrogens (primary N) is 1. The Morgan fingerprint density at radius 3 is 3.00 bits per heavy atom. The van der Waals surface area contributed by atoms with Crippen molar-refractivity contribution in [1.82, 2.24) is 0 Å². The Balaban J connectivity index is 1.99. The monoisotopic (exact) mass is 265 g/mol. The summed E-state index contributed by atoms with van der Waals surface area (Å²) in [7, 11) is 1.64. The lowest BCUT2D eigenvalue weighted by molar-refractivity contribution is -0.143. The van der Waals surface area contributed by atoms with E-state index in [1.165, 1.54) is 0 Å². The molecule has 2 rings (SSSR count). The van der Waals surface area contributed by atoms with E-state index in [0.717, 1.165) is 11.3 Å². The van der Waals surface area contributed by atoms with Gasteiger partial charge in [-0.15, -0.1) is 0 Å². The Labute approximate surface area is 112 Å². The number of carboxylic acids is 1. The maximum absolute atomic E-state index is 11.1. The molecule has 19 heavy (non-hydrogen) atoms. The first kappa shape index (κ1) is 13.8. The summed E-state index contributed by atoms with van der Waals surface area (Å²) in [5.41, 5.74) is 5.70. The largest absolute Gasteiger partial charge is 0.490 e. The van der Waals surface area contributed by atoms with E-state index in [1.807, 2.05) is 24.3 Å². The number of methoxy groups -OCH3 is 1. The number of benzene rings is 1. The summed E-state index contributed by atoms with van der Waals surface area (Å²) in [5.74, 6) is -0.221. The lowest BCUT2D eigenvalue weighted by atomic mass is 10.00. The van der Waals surface area contributed by atoms with E-state index in [9.17, 15) is 4.79 Å². The fourth-order valence-electron chi connectivity index (χ4n) is 2.39. The third kappa shape index (κ3) is 3.24. The van der Waals surface area contributed by atoms with Gasteiger partial charge in [-0.3, -0.25) is 4.79 Å². The highest BCUT2D eigenvalue weighted by atomic mass is 16.5. The molecule has 1 aromatic carbocycles. The van der Waals surface area contributed by atoms with Gasteiger partial charge >= 0.3 is 5.97 Å². The van der Waals surface area contributed by atoms with Crippen molar-refractivity contribution >= 4 is 5.97 Å². The molecule has 0 amide bonds. The molecule has 2 unspecified atom stereocenters. The fourth-order valence-corrected chi connectivity index (χ4v) is 2.39. The predicted molar refractivity (Wildman–Crippen MR) is 70.0 cm³/mol. The second-order valence-corrected chi connectivity index (χ2v) is 5.02. The molecule has 104 valence electrons. The molecule has 0 aromatic heterocycles. The molecule has 0 spiro atoms. The highest BCUT2D eigenvalue weighted by Gasteiger charge is 2.43. The second kappa shape index (κ2) is 5.59. The van der Waals surface area contributed by atoms with Crippen LogP contribution in [0.25, 0.3) is 0 Å². The van der Waals surface area contributed by atoms with Gasteiger partial charge < -0.3 is 20.3 Å². The van der Waals surface area contributed by atoms with Crippen molar-refractivity contribution in [2.45, 2.75) is 37.5 Å². The van der Waals surface area contributed by atoms with E-state index in [-0.39, 0.29) is 6.10 Å². The van der Waals surface area contributed by atoms with Crippen LogP contribution in [0.2, 0.25) is 0 Å². The SMILES string of the molecule is COCc1cccc(OC2CCC(N)(C(=O)O)C2)c1. The Morgan fingerprint density at radius 1 is 1.58 bits per heavy atom. The van der Waals surface area contributed by atoms with Gasteiger partial charge in [0.15, 0.2) is 0 Å². The van der Waals surface area contributed by atoms with Gasteiger partial charge in [0.1, 0.15) is 17.4 Å². The van der Waals surface area contributed by atoms with Crippen LogP contribution in [-0.4, -0.2) is 29.8 Å². The number of aliphatic carboxylic acids is 1. The minimum absolute atomic E-state index is 0.140. The lowest BCUT2D eigenvalue weighted by Crippen LogP contribution is -2.46. The van der Waals surface area contributed by atoms with Crippen molar-refractivity contribution in [2.24, 2.45) is 5.73 Å². The number of ether oxygens (including phenoxy) is 2. The average molecular weight is 265 g/mol. The number of rotatable bonds is 5. The van der Waals surface area contributed by atoms with Gasteiger partial charge in [-0.25, -0.2) is 0 Å². The van der Waals surface area contributed by atoms with Crippen LogP contribution in [-0.2, 0) is 16.1 Å². The van der Waals surface area contributed by atoms with Crippen LogP contribution in [0.1, 0.15) is 24.8 Å². The maximum Gasteiger partial charge on any atom is 0.323 e. The predicted octanol–water partition coefficient (Wildman–Crippen LogP) is 1.55. The van der Waals surface area contributed by atoms with E-state index < -0.39 is 11.5 Å². The molecule has 0 bridgehead atoms. The third-order valence-electron chi connectivity index (χ3n) is 3.44. The topological polar surface area (TPSA) is 81.8 Å². The van der Waals surface area contributed by atoms with Crippen molar-refractivity contribution in [3.05, 3.63) is 29.8 Å². The van der Waals surface area contributed by atoms with Crippen molar-refractivity contribution < 1.29 is 19.4 Å². The van der Waals surface area contributed by atoms with Crippen LogP contribution in [0.3, 0.4) is 0 Å². The Hall–Kier alpha value is -1.59. The molecular formula is C14H19NO4. The molecule has 2 atom stereocenters. The number of hydrogen-bond donors (Lipinski definition) is 2. The van der Waals surface area contributed by atoms with Crippen LogP contribution in [0, 0.1) is 0 Å². The van der Waals surface area contributed by atoms with Crippen LogP contribution in [0.4, 0.5) is 0 Å². The van der Waals surface area contributed by atoms with Crippen LogP contribution in [0.15, 0.2) is 24.3 Å². The Morgan fingerprint density at radius 2 is 2.37 bits per heavy atom. The molecule has 1 saturated carbocycles. The molecule has 0 aliphatic heterocycles. The zero-order valence-electron chi connectivity index (χ0n) is 11.0. The van der Waals surface area contributed by atoms with Crippen LogP contribution in [0.5, 0.6) is 5.75 Å². The summed E-state index contributed by atoms with van der Waals surface area (Å²) in [6, 6.07) is 7.61. The quantitative estimate of drug-likeness (QED) is 0.844. The molecule has 1 fully saturated rings. The molecular weight excluding hydrogens is 246 g/mol. The standard InChI is InChI=1S/C14H19NO4/c1-18-9-10-3-2-4-11(7-10)19-12-5-6-14(15,8-12)13(16)17/h2-4,7,12H,5-6,8-9,15H2,1H3,(H,16,17). The summed E-state index contributed by atoms with van der Waals surface area (Å²) in [6.45, 7) is 0.526. The van der Waals surface area contributed by atoms with Gasteiger partial charge in [0, 0.05) is 13.5 Å². The van der Waals surface area contributed by atoms with E-state index >= 15 is 0 Å². The summed E-state index contributed by atoms with van der Waals surface area (Å²) in [6.07, 6.45) is 1.32. The first-order chi connectivity index (χ1) is 9.03. The minimum Gasteiger partial charge on any atom is -0.490 e. The molecule has 0 saturated heterocycles. The molecule has 0 heterocycles. The number of carboxylic acid groups (broad SMARTS) is 1. The molecule has 1 aliphatic carbocycles. The van der Waals surface area contributed by atoms with Gasteiger partial charge in [-0.1, -0.05) is 12.1 Å². The first-order valence-corrected chi connectivity index (χ1v) is 6.30. The van der Waals surface area contributed by atoms with Crippen molar-refractivity contribution in [3.63, 3.8) is 0 Å². The van der Waals surface area contributed by atoms with Gasteiger partial charge in [-0.2, -0.15) is 0 Å². The van der Waals surface area contributed by atoms with Gasteiger partial charge in [0.2, 0.25) is 0 Å². The zero-order chi connectivity index (χ0) is 13.9. The van der Waals surface area contributed by atoms with Crippen LogP contribution >= 0.6 is 0 Å².